The zero-order valence-corrected chi connectivity index (χ0v) is 27.8. The molecule has 0 aliphatic carbocycles. The van der Waals surface area contributed by atoms with Crippen molar-refractivity contribution >= 4 is 104 Å². The molecule has 0 radical (unpaired) electrons. The summed E-state index contributed by atoms with van der Waals surface area (Å²) in [6.07, 6.45) is 1.43. The largest absolute Gasteiger partial charge is 0.272 e. The first-order valence-electron chi connectivity index (χ1n) is 13.3. The van der Waals surface area contributed by atoms with Gasteiger partial charge in [-0.3, -0.25) is 25.2 Å². The number of para-hydroxylation sites is 1. The van der Waals surface area contributed by atoms with Crippen molar-refractivity contribution in [1.29, 1.82) is 0 Å². The number of rotatable bonds is 8. The van der Waals surface area contributed by atoms with Gasteiger partial charge in [0.15, 0.2) is 0 Å². The van der Waals surface area contributed by atoms with Gasteiger partial charge < -0.3 is 0 Å². The topological polar surface area (TPSA) is 187 Å². The van der Waals surface area contributed by atoms with Crippen LogP contribution in [-0.4, -0.2) is 41.8 Å². The van der Waals surface area contributed by atoms with Crippen LogP contribution in [0.15, 0.2) is 113 Å². The molecular weight excluding hydrogens is 724 g/mol. The van der Waals surface area contributed by atoms with Crippen molar-refractivity contribution in [2.75, 3.05) is 8.61 Å². The maximum absolute atomic E-state index is 14.6. The number of thiazole rings is 1. The SMILES string of the molecule is O=[N+]([O-])c1ccc(S(=O)(=O)N(C(=S)N(c2ccc(Cl)c3ncccc23)S(=O)(=O)c2ccc([N+](=O)[O-])cc2)c2nc3ccccc3s2)cc1. The lowest BCUT2D eigenvalue weighted by atomic mass is 10.2. The third kappa shape index (κ3) is 5.79. The fourth-order valence-corrected chi connectivity index (χ4v) is 9.64. The number of nitro benzene ring substituents is 2. The van der Waals surface area contributed by atoms with Crippen LogP contribution in [0.3, 0.4) is 0 Å². The standard InChI is InChI=1S/C29H17ClN6O8S4/c30-23-15-16-25(22-4-3-17-31-27(22)23)33(47(41,42)20-11-7-18(8-12-20)35(37)38)29(45)34(28-32-24-5-1-2-6-26(24)46-28)48(43,44)21-13-9-19(10-14-21)36(39)40/h1-17H. The van der Waals surface area contributed by atoms with E-state index in [9.17, 15) is 37.1 Å². The second kappa shape index (κ2) is 12.5. The van der Waals surface area contributed by atoms with E-state index in [-0.39, 0.29) is 38.1 Å². The molecule has 2 heterocycles. The average molecular weight is 741 g/mol. The third-order valence-corrected chi connectivity index (χ3v) is 12.3. The molecule has 6 rings (SSSR count). The van der Waals surface area contributed by atoms with Crippen molar-refractivity contribution in [3.8, 4) is 0 Å². The number of benzene rings is 4. The molecule has 0 aliphatic heterocycles. The second-order valence-corrected chi connectivity index (χ2v) is 15.1. The molecule has 14 nitrogen and oxygen atoms in total. The summed E-state index contributed by atoms with van der Waals surface area (Å²) in [7, 11) is -9.70. The number of thiocarbonyl (C=S) groups is 1. The van der Waals surface area contributed by atoms with Crippen molar-refractivity contribution in [3.63, 3.8) is 0 Å². The summed E-state index contributed by atoms with van der Waals surface area (Å²) < 4.78 is 59.8. The van der Waals surface area contributed by atoms with Gasteiger partial charge in [0.05, 0.1) is 46.1 Å². The molecule has 0 N–H and O–H groups in total. The van der Waals surface area contributed by atoms with Crippen LogP contribution in [0.25, 0.3) is 21.1 Å². The molecule has 6 aromatic rings. The Morgan fingerprint density at radius 1 is 0.750 bits per heavy atom. The quantitative estimate of drug-likeness (QED) is 0.0919. The molecule has 4 aromatic carbocycles. The van der Waals surface area contributed by atoms with Crippen LogP contribution < -0.4 is 8.61 Å². The Balaban J connectivity index is 1.63. The van der Waals surface area contributed by atoms with Crippen LogP contribution in [0.1, 0.15) is 0 Å². The van der Waals surface area contributed by atoms with Gasteiger partial charge in [-0.2, -0.15) is 4.31 Å². The Morgan fingerprint density at radius 3 is 1.88 bits per heavy atom. The van der Waals surface area contributed by atoms with E-state index in [1.165, 1.54) is 30.5 Å². The first kappa shape index (κ1) is 32.8. The summed E-state index contributed by atoms with van der Waals surface area (Å²) in [6, 6.07) is 20.3. The van der Waals surface area contributed by atoms with E-state index in [0.29, 0.717) is 18.8 Å². The third-order valence-electron chi connectivity index (χ3n) is 6.89. The van der Waals surface area contributed by atoms with E-state index in [1.54, 1.807) is 24.3 Å². The number of pyridine rings is 1. The van der Waals surface area contributed by atoms with Crippen molar-refractivity contribution < 1.29 is 26.7 Å². The Morgan fingerprint density at radius 2 is 1.31 bits per heavy atom. The molecule has 0 saturated carbocycles. The second-order valence-electron chi connectivity index (χ2n) is 9.75. The van der Waals surface area contributed by atoms with Gasteiger partial charge in [0, 0.05) is 35.8 Å². The lowest BCUT2D eigenvalue weighted by Crippen LogP contribution is -2.49. The summed E-state index contributed by atoms with van der Waals surface area (Å²) >= 11 is 13.1. The van der Waals surface area contributed by atoms with Crippen LogP contribution in [0.5, 0.6) is 0 Å². The van der Waals surface area contributed by atoms with Gasteiger partial charge in [-0.1, -0.05) is 35.1 Å². The van der Waals surface area contributed by atoms with Crippen LogP contribution in [0.2, 0.25) is 5.02 Å². The lowest BCUT2D eigenvalue weighted by molar-refractivity contribution is -0.385. The molecule has 0 aliphatic rings. The van der Waals surface area contributed by atoms with Crippen LogP contribution in [-0.2, 0) is 20.0 Å². The minimum Gasteiger partial charge on any atom is -0.258 e. The molecule has 0 unspecified atom stereocenters. The zero-order valence-electron chi connectivity index (χ0n) is 23.8. The molecule has 0 atom stereocenters. The average Bonchev–Trinajstić information content (AvgIpc) is 3.49. The molecule has 48 heavy (non-hydrogen) atoms. The maximum Gasteiger partial charge on any atom is 0.272 e. The fraction of sp³-hybridized carbons (Fsp3) is 0. The van der Waals surface area contributed by atoms with E-state index in [2.05, 4.69) is 9.97 Å². The summed E-state index contributed by atoms with van der Waals surface area (Å²) in [5, 5.41) is 21.9. The number of nitrogens with zero attached hydrogens (tertiary/aromatic N) is 6. The van der Waals surface area contributed by atoms with Crippen molar-refractivity contribution in [2.24, 2.45) is 0 Å². The molecule has 19 heteroatoms. The molecule has 0 fully saturated rings. The smallest absolute Gasteiger partial charge is 0.258 e. The summed E-state index contributed by atoms with van der Waals surface area (Å²) in [6.45, 7) is 0. The monoisotopic (exact) mass is 740 g/mol. The fourth-order valence-electron chi connectivity index (χ4n) is 4.64. The molecule has 0 saturated heterocycles. The number of non-ortho nitro benzene ring substituents is 2. The summed E-state index contributed by atoms with van der Waals surface area (Å²) in [5.41, 5.74) is -0.356. The van der Waals surface area contributed by atoms with Crippen LogP contribution in [0, 0.1) is 20.2 Å². The number of fused-ring (bicyclic) bond motifs is 2. The molecule has 242 valence electrons. The number of anilines is 2. The zero-order chi connectivity index (χ0) is 34.4. The van der Waals surface area contributed by atoms with E-state index in [1.807, 2.05) is 0 Å². The van der Waals surface area contributed by atoms with Crippen LogP contribution in [0.4, 0.5) is 22.2 Å². The number of aromatic nitrogens is 2. The predicted octanol–water partition coefficient (Wildman–Crippen LogP) is 6.69. The maximum atomic E-state index is 14.6. The van der Waals surface area contributed by atoms with Crippen LogP contribution >= 0.6 is 35.2 Å². The Labute approximate surface area is 285 Å². The summed E-state index contributed by atoms with van der Waals surface area (Å²) in [5.74, 6) is 0. The van der Waals surface area contributed by atoms with E-state index in [4.69, 9.17) is 23.8 Å². The van der Waals surface area contributed by atoms with Gasteiger partial charge >= 0.3 is 0 Å². The van der Waals surface area contributed by atoms with E-state index in [0.717, 1.165) is 59.9 Å². The van der Waals surface area contributed by atoms with Crippen molar-refractivity contribution in [2.45, 2.75) is 9.79 Å². The van der Waals surface area contributed by atoms with Gasteiger partial charge in [0.2, 0.25) is 10.2 Å². The number of hydrogen-bond acceptors (Lipinski definition) is 12. The highest BCUT2D eigenvalue weighted by Gasteiger charge is 2.40. The Hall–Kier alpha value is -5.14. The lowest BCUT2D eigenvalue weighted by Gasteiger charge is -2.31. The highest BCUT2D eigenvalue weighted by atomic mass is 35.5. The van der Waals surface area contributed by atoms with Gasteiger partial charge in [0.1, 0.15) is 0 Å². The molecule has 0 amide bonds. The number of nitro groups is 2. The van der Waals surface area contributed by atoms with E-state index < -0.39 is 44.8 Å². The highest BCUT2D eigenvalue weighted by Crippen LogP contribution is 2.39. The van der Waals surface area contributed by atoms with Crippen molar-refractivity contribution in [1.82, 2.24) is 9.97 Å². The van der Waals surface area contributed by atoms with E-state index >= 15 is 0 Å². The minimum atomic E-state index is -4.86. The first-order chi connectivity index (χ1) is 22.8. The first-order valence-corrected chi connectivity index (χ1v) is 17.8. The highest BCUT2D eigenvalue weighted by molar-refractivity contribution is 7.98. The van der Waals surface area contributed by atoms with Gasteiger partial charge in [-0.05, 0) is 72.9 Å². The minimum absolute atomic E-state index is 0.143. The molecule has 0 spiro atoms. The summed E-state index contributed by atoms with van der Waals surface area (Å²) in [4.78, 5) is 29.0. The van der Waals surface area contributed by atoms with Crippen molar-refractivity contribution in [3.05, 3.63) is 129 Å². The number of hydrogen-bond donors (Lipinski definition) is 0. The van der Waals surface area contributed by atoms with Gasteiger partial charge in [-0.25, -0.2) is 26.1 Å². The van der Waals surface area contributed by atoms with Gasteiger partial charge in [-0.15, -0.1) is 0 Å². The molecule has 2 aromatic heterocycles. The number of halogens is 1. The Kier molecular flexibility index (Phi) is 8.52. The van der Waals surface area contributed by atoms with Gasteiger partial charge in [0.25, 0.3) is 31.4 Å². The predicted molar refractivity (Wildman–Crippen MR) is 184 cm³/mol. The number of sulfonamides is 2. The normalized spacial score (nSPS) is 11.8. The molecule has 0 bridgehead atoms. The Bertz CT molecular complexity index is 2460. The molecular formula is C29H17ClN6O8S4.